The third-order valence-corrected chi connectivity index (χ3v) is 9.31. The van der Waals surface area contributed by atoms with Crippen LogP contribution in [0.5, 0.6) is 5.75 Å². The van der Waals surface area contributed by atoms with Gasteiger partial charge in [0.25, 0.3) is 5.56 Å². The fraction of sp³-hybridized carbons (Fsp3) is 0.355. The van der Waals surface area contributed by atoms with Gasteiger partial charge in [0.1, 0.15) is 11.6 Å². The van der Waals surface area contributed by atoms with Gasteiger partial charge in [-0.2, -0.15) is 4.31 Å². The monoisotopic (exact) mass is 547 g/mol. The molecule has 4 aromatic rings. The summed E-state index contributed by atoms with van der Waals surface area (Å²) in [5.41, 5.74) is 3.27. The Labute approximate surface area is 231 Å². The summed E-state index contributed by atoms with van der Waals surface area (Å²) < 4.78 is 37.1. The Kier molecular flexibility index (Phi) is 8.28. The van der Waals surface area contributed by atoms with Crippen molar-refractivity contribution >= 4 is 20.9 Å². The van der Waals surface area contributed by atoms with Gasteiger partial charge in [0.05, 0.1) is 34.6 Å². The first-order valence-corrected chi connectivity index (χ1v) is 14.7. The van der Waals surface area contributed by atoms with Crippen LogP contribution in [0.3, 0.4) is 0 Å². The lowest BCUT2D eigenvalue weighted by atomic mass is 10.1. The largest absolute Gasteiger partial charge is 0.497 e. The second-order valence-corrected chi connectivity index (χ2v) is 12.4. The van der Waals surface area contributed by atoms with E-state index < -0.39 is 16.1 Å². The third-order valence-electron chi connectivity index (χ3n) is 7.04. The van der Waals surface area contributed by atoms with Gasteiger partial charge in [-0.15, -0.1) is 0 Å². The molecule has 39 heavy (non-hydrogen) atoms. The van der Waals surface area contributed by atoms with Gasteiger partial charge in [-0.05, 0) is 87.6 Å². The molecule has 0 amide bonds. The maximum absolute atomic E-state index is 14.4. The first kappa shape index (κ1) is 28.5. The van der Waals surface area contributed by atoms with Crippen LogP contribution in [0, 0.1) is 26.7 Å². The number of rotatable bonds is 9. The van der Waals surface area contributed by atoms with Crippen molar-refractivity contribution in [3.05, 3.63) is 93.5 Å². The van der Waals surface area contributed by atoms with Crippen LogP contribution in [0.2, 0.25) is 0 Å². The number of para-hydroxylation sites is 1. The average Bonchev–Trinajstić information content (AvgIpc) is 2.87. The van der Waals surface area contributed by atoms with Crippen molar-refractivity contribution in [3.8, 4) is 11.4 Å². The van der Waals surface area contributed by atoms with Crippen LogP contribution in [0.15, 0.2) is 70.4 Å². The Morgan fingerprint density at radius 1 is 0.949 bits per heavy atom. The molecular formula is C31H37N3O4S. The van der Waals surface area contributed by atoms with Gasteiger partial charge >= 0.3 is 0 Å². The maximum Gasteiger partial charge on any atom is 0.266 e. The zero-order valence-electron chi connectivity index (χ0n) is 23.7. The Bertz CT molecular complexity index is 1640. The van der Waals surface area contributed by atoms with E-state index in [4.69, 9.17) is 9.72 Å². The van der Waals surface area contributed by atoms with Crippen LogP contribution in [-0.2, 0) is 10.0 Å². The van der Waals surface area contributed by atoms with Crippen LogP contribution in [0.25, 0.3) is 16.6 Å². The quantitative estimate of drug-likeness (QED) is 0.252. The smallest absolute Gasteiger partial charge is 0.266 e. The Morgan fingerprint density at radius 3 is 2.15 bits per heavy atom. The van der Waals surface area contributed by atoms with Crippen molar-refractivity contribution < 1.29 is 13.2 Å². The van der Waals surface area contributed by atoms with Crippen LogP contribution in [-0.4, -0.2) is 35.9 Å². The molecule has 7 nitrogen and oxygen atoms in total. The maximum atomic E-state index is 14.4. The molecule has 0 aliphatic carbocycles. The average molecular weight is 548 g/mol. The first-order valence-electron chi connectivity index (χ1n) is 13.2. The molecule has 8 heteroatoms. The topological polar surface area (TPSA) is 81.5 Å². The van der Waals surface area contributed by atoms with Gasteiger partial charge < -0.3 is 4.74 Å². The van der Waals surface area contributed by atoms with Gasteiger partial charge in [-0.25, -0.2) is 13.4 Å². The van der Waals surface area contributed by atoms with Crippen molar-refractivity contribution in [1.29, 1.82) is 0 Å². The van der Waals surface area contributed by atoms with E-state index in [-0.39, 0.29) is 11.5 Å². The number of hydrogen-bond acceptors (Lipinski definition) is 5. The van der Waals surface area contributed by atoms with E-state index in [1.807, 2.05) is 45.9 Å². The predicted molar refractivity (Wildman–Crippen MR) is 156 cm³/mol. The number of hydrogen-bond donors (Lipinski definition) is 0. The zero-order chi connectivity index (χ0) is 28.5. The normalized spacial score (nSPS) is 12.8. The zero-order valence-corrected chi connectivity index (χ0v) is 24.5. The summed E-state index contributed by atoms with van der Waals surface area (Å²) in [6, 6.07) is 17.3. The minimum Gasteiger partial charge on any atom is -0.497 e. The van der Waals surface area contributed by atoms with Gasteiger partial charge in [0.2, 0.25) is 10.0 Å². The fourth-order valence-electron chi connectivity index (χ4n) is 5.14. The van der Waals surface area contributed by atoms with Crippen molar-refractivity contribution in [3.63, 3.8) is 0 Å². The molecule has 0 saturated carbocycles. The lowest BCUT2D eigenvalue weighted by Gasteiger charge is -2.31. The van der Waals surface area contributed by atoms with Crippen molar-refractivity contribution in [2.24, 2.45) is 5.92 Å². The summed E-state index contributed by atoms with van der Waals surface area (Å²) in [7, 11) is -2.36. The Morgan fingerprint density at radius 2 is 1.56 bits per heavy atom. The minimum absolute atomic E-state index is 0.253. The number of sulfonamides is 1. The standard InChI is InChI=1S/C31H37N3O4S/c1-20(2)16-17-33(39(36,37)29-22(4)18-21(3)19-23(29)5)24(6)30-32-28-11-9-8-10-27(28)31(35)34(30)25-12-14-26(38-7)15-13-25/h8-15,18-20,24H,16-17H2,1-7H3. The van der Waals surface area contributed by atoms with Crippen LogP contribution in [0.1, 0.15) is 55.7 Å². The highest BCUT2D eigenvalue weighted by atomic mass is 32.2. The number of methoxy groups -OCH3 is 1. The first-order chi connectivity index (χ1) is 18.4. The van der Waals surface area contributed by atoms with E-state index in [1.54, 1.807) is 49.6 Å². The minimum atomic E-state index is -3.94. The molecule has 0 fully saturated rings. The molecule has 3 aromatic carbocycles. The van der Waals surface area contributed by atoms with Gasteiger partial charge in [0.15, 0.2) is 0 Å². The van der Waals surface area contributed by atoms with Crippen LogP contribution < -0.4 is 10.3 Å². The van der Waals surface area contributed by atoms with Crippen LogP contribution >= 0.6 is 0 Å². The molecule has 0 aliphatic heterocycles. The molecule has 1 unspecified atom stereocenters. The SMILES string of the molecule is COc1ccc(-n2c(C(C)N(CCC(C)C)S(=O)(=O)c3c(C)cc(C)cc3C)nc3ccccc3c2=O)cc1. The predicted octanol–water partition coefficient (Wildman–Crippen LogP) is 6.12. The molecular weight excluding hydrogens is 510 g/mol. The highest BCUT2D eigenvalue weighted by Gasteiger charge is 2.35. The van der Waals surface area contributed by atoms with Crippen molar-refractivity contribution in [2.75, 3.05) is 13.7 Å². The van der Waals surface area contributed by atoms with E-state index in [2.05, 4.69) is 13.8 Å². The molecule has 0 spiro atoms. The molecule has 0 aliphatic rings. The highest BCUT2D eigenvalue weighted by molar-refractivity contribution is 7.89. The molecule has 0 saturated heterocycles. The van der Waals surface area contributed by atoms with Gasteiger partial charge in [-0.3, -0.25) is 9.36 Å². The van der Waals surface area contributed by atoms with E-state index in [0.717, 1.165) is 5.56 Å². The van der Waals surface area contributed by atoms with Gasteiger partial charge in [0, 0.05) is 6.54 Å². The summed E-state index contributed by atoms with van der Waals surface area (Å²) in [5.74, 6) is 1.30. The number of aromatic nitrogens is 2. The molecule has 206 valence electrons. The molecule has 0 bridgehead atoms. The number of aryl methyl sites for hydroxylation is 3. The third kappa shape index (κ3) is 5.63. The molecule has 4 rings (SSSR count). The van der Waals surface area contributed by atoms with E-state index in [0.29, 0.717) is 57.2 Å². The van der Waals surface area contributed by atoms with Crippen molar-refractivity contribution in [1.82, 2.24) is 13.9 Å². The van der Waals surface area contributed by atoms with E-state index in [1.165, 1.54) is 8.87 Å². The van der Waals surface area contributed by atoms with Crippen LogP contribution in [0.4, 0.5) is 0 Å². The summed E-state index contributed by atoms with van der Waals surface area (Å²) in [5, 5.41) is 0.464. The Hall–Kier alpha value is -3.49. The van der Waals surface area contributed by atoms with E-state index >= 15 is 0 Å². The fourth-order valence-corrected chi connectivity index (χ4v) is 7.16. The number of benzene rings is 3. The number of nitrogens with zero attached hydrogens (tertiary/aromatic N) is 3. The molecule has 1 heterocycles. The second kappa shape index (κ2) is 11.3. The van der Waals surface area contributed by atoms with Crippen molar-refractivity contribution in [2.45, 2.75) is 58.9 Å². The summed E-state index contributed by atoms with van der Waals surface area (Å²) in [4.78, 5) is 19.1. The van der Waals surface area contributed by atoms with E-state index in [9.17, 15) is 13.2 Å². The lowest BCUT2D eigenvalue weighted by molar-refractivity contribution is 0.308. The highest BCUT2D eigenvalue weighted by Crippen LogP contribution is 2.32. The molecule has 0 radical (unpaired) electrons. The Balaban J connectivity index is 1.97. The molecule has 1 aromatic heterocycles. The molecule has 0 N–H and O–H groups in total. The summed E-state index contributed by atoms with van der Waals surface area (Å²) >= 11 is 0. The van der Waals surface area contributed by atoms with Gasteiger partial charge in [-0.1, -0.05) is 43.7 Å². The number of ether oxygens (including phenoxy) is 1. The lowest BCUT2D eigenvalue weighted by Crippen LogP contribution is -2.39. The molecule has 1 atom stereocenters. The summed E-state index contributed by atoms with van der Waals surface area (Å²) in [6.45, 7) is 11.9. The second-order valence-electron chi connectivity index (χ2n) is 10.5. The summed E-state index contributed by atoms with van der Waals surface area (Å²) in [6.07, 6.45) is 0.661. The number of fused-ring (bicyclic) bond motifs is 1.